The first-order chi connectivity index (χ1) is 16.6. The summed E-state index contributed by atoms with van der Waals surface area (Å²) < 4.78 is 52.4. The molecule has 35 heavy (non-hydrogen) atoms. The summed E-state index contributed by atoms with van der Waals surface area (Å²) in [6, 6.07) is 15.6. The summed E-state index contributed by atoms with van der Waals surface area (Å²) >= 11 is 0. The molecular formula is C25H24F4N4O2. The molecule has 0 fully saturated rings. The molecule has 0 aliphatic carbocycles. The van der Waals surface area contributed by atoms with E-state index in [1.807, 2.05) is 19.1 Å². The number of benzene rings is 3. The fraction of sp³-hybridized carbons (Fsp3) is 0.200. The van der Waals surface area contributed by atoms with Gasteiger partial charge in [0.1, 0.15) is 5.82 Å². The van der Waals surface area contributed by atoms with Gasteiger partial charge < -0.3 is 16.0 Å². The number of nitrogens with one attached hydrogen (secondary N) is 3. The molecular weight excluding hydrogens is 464 g/mol. The molecule has 184 valence electrons. The summed E-state index contributed by atoms with van der Waals surface area (Å²) in [6.45, 7) is 2.19. The normalized spacial score (nSPS) is 11.0. The molecule has 0 atom stereocenters. The van der Waals surface area contributed by atoms with Crippen molar-refractivity contribution in [2.24, 2.45) is 0 Å². The van der Waals surface area contributed by atoms with E-state index in [1.165, 1.54) is 41.3 Å². The van der Waals surface area contributed by atoms with E-state index in [0.717, 1.165) is 17.7 Å². The van der Waals surface area contributed by atoms with Gasteiger partial charge in [0, 0.05) is 30.2 Å². The Kier molecular flexibility index (Phi) is 8.30. The summed E-state index contributed by atoms with van der Waals surface area (Å²) in [5.41, 5.74) is 0.982. The monoisotopic (exact) mass is 488 g/mol. The minimum absolute atomic E-state index is 0.0346. The highest BCUT2D eigenvalue weighted by molar-refractivity contribution is 6.01. The van der Waals surface area contributed by atoms with Gasteiger partial charge in [-0.15, -0.1) is 0 Å². The first-order valence-corrected chi connectivity index (χ1v) is 10.8. The predicted octanol–water partition coefficient (Wildman–Crippen LogP) is 6.40. The first kappa shape index (κ1) is 25.5. The Balaban J connectivity index is 1.63. The average molecular weight is 488 g/mol. The molecule has 10 heteroatoms. The van der Waals surface area contributed by atoms with Gasteiger partial charge in [-0.2, -0.15) is 13.2 Å². The van der Waals surface area contributed by atoms with Gasteiger partial charge in [-0.1, -0.05) is 24.3 Å². The van der Waals surface area contributed by atoms with E-state index >= 15 is 0 Å². The molecule has 0 heterocycles. The number of anilines is 3. The standard InChI is InChI=1S/C25H24F4N4O2/c1-17-6-2-3-9-22(17)32-23(34)30-14-5-15-33(21-12-10-19(26)11-13-21)24(35)31-20-8-4-7-18(16-20)25(27,28)29/h2-4,6-13,16H,5,14-15H2,1H3,(H,31,35)(H2,30,32,34). The molecule has 4 amide bonds. The predicted molar refractivity (Wildman–Crippen MR) is 127 cm³/mol. The fourth-order valence-electron chi connectivity index (χ4n) is 3.25. The zero-order valence-corrected chi connectivity index (χ0v) is 18.8. The smallest absolute Gasteiger partial charge is 0.338 e. The van der Waals surface area contributed by atoms with Gasteiger partial charge in [0.15, 0.2) is 0 Å². The number of halogens is 4. The van der Waals surface area contributed by atoms with Crippen LogP contribution < -0.4 is 20.9 Å². The molecule has 6 nitrogen and oxygen atoms in total. The molecule has 0 saturated carbocycles. The minimum atomic E-state index is -4.55. The van der Waals surface area contributed by atoms with Crippen LogP contribution in [-0.2, 0) is 6.18 Å². The van der Waals surface area contributed by atoms with Crippen LogP contribution in [-0.4, -0.2) is 25.2 Å². The number of amides is 4. The van der Waals surface area contributed by atoms with E-state index in [9.17, 15) is 27.2 Å². The number of para-hydroxylation sites is 1. The van der Waals surface area contributed by atoms with Crippen molar-refractivity contribution >= 4 is 29.1 Å². The Bertz CT molecular complexity index is 1170. The number of urea groups is 2. The molecule has 0 spiro atoms. The summed E-state index contributed by atoms with van der Waals surface area (Å²) in [5, 5.41) is 7.88. The van der Waals surface area contributed by atoms with Crippen molar-refractivity contribution < 1.29 is 27.2 Å². The minimum Gasteiger partial charge on any atom is -0.338 e. The molecule has 0 aliphatic heterocycles. The molecule has 3 rings (SSSR count). The molecule has 0 radical (unpaired) electrons. The number of carbonyl (C=O) groups is 2. The molecule has 0 saturated heterocycles. The van der Waals surface area contributed by atoms with Crippen molar-refractivity contribution in [3.8, 4) is 0 Å². The van der Waals surface area contributed by atoms with Crippen LogP contribution in [0.25, 0.3) is 0 Å². The molecule has 3 N–H and O–H groups in total. The van der Waals surface area contributed by atoms with Gasteiger partial charge in [-0.05, 0) is 67.4 Å². The van der Waals surface area contributed by atoms with E-state index < -0.39 is 29.6 Å². The van der Waals surface area contributed by atoms with E-state index in [4.69, 9.17) is 0 Å². The van der Waals surface area contributed by atoms with Crippen molar-refractivity contribution in [3.05, 3.63) is 89.7 Å². The number of alkyl halides is 3. The van der Waals surface area contributed by atoms with Gasteiger partial charge >= 0.3 is 18.2 Å². The van der Waals surface area contributed by atoms with Crippen LogP contribution in [0.3, 0.4) is 0 Å². The topological polar surface area (TPSA) is 73.5 Å². The molecule has 0 bridgehead atoms. The maximum Gasteiger partial charge on any atom is 0.416 e. The van der Waals surface area contributed by atoms with Crippen LogP contribution in [0.15, 0.2) is 72.8 Å². The number of carbonyl (C=O) groups excluding carboxylic acids is 2. The van der Waals surface area contributed by atoms with Gasteiger partial charge in [-0.25, -0.2) is 14.0 Å². The number of nitrogens with zero attached hydrogens (tertiary/aromatic N) is 1. The molecule has 0 aromatic heterocycles. The Labute approximate surface area is 199 Å². The van der Waals surface area contributed by atoms with Crippen molar-refractivity contribution in [3.63, 3.8) is 0 Å². The Morgan fingerprint density at radius 1 is 0.914 bits per heavy atom. The lowest BCUT2D eigenvalue weighted by atomic mass is 10.2. The third-order valence-electron chi connectivity index (χ3n) is 5.06. The Hall–Kier alpha value is -4.08. The molecule has 0 unspecified atom stereocenters. The van der Waals surface area contributed by atoms with Crippen LogP contribution in [0.4, 0.5) is 44.2 Å². The zero-order chi connectivity index (χ0) is 25.4. The summed E-state index contributed by atoms with van der Waals surface area (Å²) in [5.74, 6) is -0.499. The first-order valence-electron chi connectivity index (χ1n) is 10.8. The van der Waals surface area contributed by atoms with Gasteiger partial charge in [0.25, 0.3) is 0 Å². The highest BCUT2D eigenvalue weighted by atomic mass is 19.4. The number of rotatable bonds is 7. The largest absolute Gasteiger partial charge is 0.416 e. The zero-order valence-electron chi connectivity index (χ0n) is 18.8. The Morgan fingerprint density at radius 2 is 1.63 bits per heavy atom. The lowest BCUT2D eigenvalue weighted by Gasteiger charge is -2.24. The van der Waals surface area contributed by atoms with Crippen LogP contribution in [0, 0.1) is 12.7 Å². The van der Waals surface area contributed by atoms with Crippen LogP contribution >= 0.6 is 0 Å². The highest BCUT2D eigenvalue weighted by Gasteiger charge is 2.30. The lowest BCUT2D eigenvalue weighted by Crippen LogP contribution is -2.38. The van der Waals surface area contributed by atoms with Gasteiger partial charge in [0.2, 0.25) is 0 Å². The second kappa shape index (κ2) is 11.4. The highest BCUT2D eigenvalue weighted by Crippen LogP contribution is 2.31. The number of aryl methyl sites for hydroxylation is 1. The third kappa shape index (κ3) is 7.46. The summed E-state index contributed by atoms with van der Waals surface area (Å²) in [4.78, 5) is 26.3. The molecule has 0 aliphatic rings. The van der Waals surface area contributed by atoms with E-state index in [2.05, 4.69) is 16.0 Å². The van der Waals surface area contributed by atoms with Gasteiger partial charge in [-0.3, -0.25) is 4.90 Å². The van der Waals surface area contributed by atoms with Crippen LogP contribution in [0.2, 0.25) is 0 Å². The SMILES string of the molecule is Cc1ccccc1NC(=O)NCCCN(C(=O)Nc1cccc(C(F)(F)F)c1)c1ccc(F)cc1. The molecule has 3 aromatic rings. The number of hydrogen-bond donors (Lipinski definition) is 3. The average Bonchev–Trinajstić information content (AvgIpc) is 2.81. The van der Waals surface area contributed by atoms with Gasteiger partial charge in [0.05, 0.1) is 5.56 Å². The van der Waals surface area contributed by atoms with Crippen LogP contribution in [0.5, 0.6) is 0 Å². The van der Waals surface area contributed by atoms with Crippen molar-refractivity contribution in [2.45, 2.75) is 19.5 Å². The summed E-state index contributed by atoms with van der Waals surface area (Å²) in [6.07, 6.45) is -4.23. The second-order valence-corrected chi connectivity index (χ2v) is 7.69. The van der Waals surface area contributed by atoms with Crippen molar-refractivity contribution in [1.82, 2.24) is 5.32 Å². The fourth-order valence-corrected chi connectivity index (χ4v) is 3.25. The maximum atomic E-state index is 13.4. The number of hydrogen-bond acceptors (Lipinski definition) is 2. The molecule has 3 aromatic carbocycles. The van der Waals surface area contributed by atoms with E-state index in [0.29, 0.717) is 17.8 Å². The van der Waals surface area contributed by atoms with Crippen molar-refractivity contribution in [1.29, 1.82) is 0 Å². The van der Waals surface area contributed by atoms with E-state index in [1.54, 1.807) is 12.1 Å². The third-order valence-corrected chi connectivity index (χ3v) is 5.06. The Morgan fingerprint density at radius 3 is 2.31 bits per heavy atom. The lowest BCUT2D eigenvalue weighted by molar-refractivity contribution is -0.137. The van der Waals surface area contributed by atoms with E-state index in [-0.39, 0.29) is 18.8 Å². The van der Waals surface area contributed by atoms with Crippen LogP contribution in [0.1, 0.15) is 17.5 Å². The van der Waals surface area contributed by atoms with Crippen molar-refractivity contribution in [2.75, 3.05) is 28.6 Å². The quantitative estimate of drug-likeness (QED) is 0.266. The maximum absolute atomic E-state index is 13.4. The summed E-state index contributed by atoms with van der Waals surface area (Å²) in [7, 11) is 0. The second-order valence-electron chi connectivity index (χ2n) is 7.69.